The summed E-state index contributed by atoms with van der Waals surface area (Å²) in [7, 11) is 0. The maximum Gasteiger partial charge on any atom is 0.225 e. The predicted molar refractivity (Wildman–Crippen MR) is 126 cm³/mol. The average molecular weight is 495 g/mol. The first-order valence-corrected chi connectivity index (χ1v) is 10.4. The third-order valence-electron chi connectivity index (χ3n) is 4.86. The molecular formula is C20H42IN5O. The van der Waals surface area contributed by atoms with Crippen molar-refractivity contribution in [2.75, 3.05) is 32.7 Å². The first-order valence-electron chi connectivity index (χ1n) is 10.4. The third kappa shape index (κ3) is 10.5. The number of hydrogen-bond donors (Lipinski definition) is 3. The van der Waals surface area contributed by atoms with Crippen LogP contribution in [0.2, 0.25) is 0 Å². The van der Waals surface area contributed by atoms with Gasteiger partial charge in [-0.15, -0.1) is 24.0 Å². The molecule has 1 aliphatic heterocycles. The van der Waals surface area contributed by atoms with Crippen LogP contribution >= 0.6 is 24.0 Å². The van der Waals surface area contributed by atoms with Crippen LogP contribution < -0.4 is 16.0 Å². The van der Waals surface area contributed by atoms with Crippen LogP contribution in [-0.2, 0) is 4.79 Å². The molecule has 0 aromatic rings. The Labute approximate surface area is 183 Å². The van der Waals surface area contributed by atoms with Crippen LogP contribution in [0.1, 0.15) is 67.2 Å². The van der Waals surface area contributed by atoms with E-state index in [1.54, 1.807) is 0 Å². The molecule has 7 heteroatoms. The lowest BCUT2D eigenvalue weighted by Crippen LogP contribution is -2.50. The lowest BCUT2D eigenvalue weighted by Gasteiger charge is -2.35. The van der Waals surface area contributed by atoms with E-state index >= 15 is 0 Å². The Morgan fingerprint density at radius 1 is 1.15 bits per heavy atom. The van der Waals surface area contributed by atoms with Crippen LogP contribution in [-0.4, -0.2) is 61.1 Å². The van der Waals surface area contributed by atoms with Gasteiger partial charge in [0, 0.05) is 43.7 Å². The number of guanidine groups is 1. The van der Waals surface area contributed by atoms with E-state index in [0.717, 1.165) is 64.4 Å². The Kier molecular flexibility index (Phi) is 13.3. The van der Waals surface area contributed by atoms with Crippen LogP contribution in [0.4, 0.5) is 0 Å². The highest BCUT2D eigenvalue weighted by Gasteiger charge is 2.26. The third-order valence-corrected chi connectivity index (χ3v) is 4.86. The summed E-state index contributed by atoms with van der Waals surface area (Å²) in [6.45, 7) is 16.9. The van der Waals surface area contributed by atoms with E-state index in [0.29, 0.717) is 11.9 Å². The lowest BCUT2D eigenvalue weighted by atomic mass is 9.98. The number of piperidine rings is 1. The SMILES string of the molecule is CCNC(=NCCNC(C)(C)C)NC1CCN(C(=O)C(CC)CC)CC1.I. The number of carbonyl (C=O) groups excluding carboxylic acids is 1. The number of carbonyl (C=O) groups is 1. The fourth-order valence-corrected chi connectivity index (χ4v) is 3.25. The Morgan fingerprint density at radius 3 is 2.22 bits per heavy atom. The number of likely N-dealkylation sites (tertiary alicyclic amines) is 1. The molecule has 1 rings (SSSR count). The Hall–Kier alpha value is -0.570. The topological polar surface area (TPSA) is 68.8 Å². The monoisotopic (exact) mass is 495 g/mol. The van der Waals surface area contributed by atoms with E-state index in [2.05, 4.69) is 62.5 Å². The summed E-state index contributed by atoms with van der Waals surface area (Å²) in [4.78, 5) is 19.2. The van der Waals surface area contributed by atoms with Gasteiger partial charge in [-0.2, -0.15) is 0 Å². The molecule has 0 aliphatic carbocycles. The van der Waals surface area contributed by atoms with Gasteiger partial charge >= 0.3 is 0 Å². The van der Waals surface area contributed by atoms with Crippen LogP contribution in [0.15, 0.2) is 4.99 Å². The second-order valence-corrected chi connectivity index (χ2v) is 8.19. The molecule has 160 valence electrons. The van der Waals surface area contributed by atoms with Gasteiger partial charge in [0.1, 0.15) is 0 Å². The number of amides is 1. The zero-order chi connectivity index (χ0) is 19.6. The number of aliphatic imine (C=N–C) groups is 1. The fraction of sp³-hybridized carbons (Fsp3) is 0.900. The minimum atomic E-state index is 0. The molecule has 1 aliphatic rings. The molecule has 6 nitrogen and oxygen atoms in total. The van der Waals surface area contributed by atoms with Gasteiger partial charge in [0.25, 0.3) is 0 Å². The van der Waals surface area contributed by atoms with Crippen molar-refractivity contribution in [3.05, 3.63) is 0 Å². The van der Waals surface area contributed by atoms with Crippen LogP contribution in [0.3, 0.4) is 0 Å². The van der Waals surface area contributed by atoms with Crippen molar-refractivity contribution < 1.29 is 4.79 Å². The Bertz CT molecular complexity index is 438. The molecule has 1 saturated heterocycles. The first kappa shape index (κ1) is 26.4. The summed E-state index contributed by atoms with van der Waals surface area (Å²) in [5, 5.41) is 10.3. The van der Waals surface area contributed by atoms with Crippen molar-refractivity contribution in [3.63, 3.8) is 0 Å². The molecule has 0 atom stereocenters. The lowest BCUT2D eigenvalue weighted by molar-refractivity contribution is -0.136. The summed E-state index contributed by atoms with van der Waals surface area (Å²) in [6.07, 6.45) is 3.84. The van der Waals surface area contributed by atoms with Crippen molar-refractivity contribution in [2.24, 2.45) is 10.9 Å². The maximum absolute atomic E-state index is 12.5. The van der Waals surface area contributed by atoms with Crippen molar-refractivity contribution >= 4 is 35.8 Å². The minimum Gasteiger partial charge on any atom is -0.357 e. The van der Waals surface area contributed by atoms with E-state index in [1.807, 2.05) is 4.90 Å². The van der Waals surface area contributed by atoms with Gasteiger partial charge in [-0.3, -0.25) is 9.79 Å². The zero-order valence-electron chi connectivity index (χ0n) is 18.2. The summed E-state index contributed by atoms with van der Waals surface area (Å²) < 4.78 is 0. The number of nitrogens with one attached hydrogen (secondary N) is 3. The molecule has 0 aromatic heterocycles. The van der Waals surface area contributed by atoms with E-state index in [1.165, 1.54) is 0 Å². The molecule has 1 fully saturated rings. The standard InChI is InChI=1S/C20H41N5O.HI/c1-7-16(8-2)18(26)25-14-10-17(11-15-25)24-19(21-9-3)22-12-13-23-20(4,5)6;/h16-17,23H,7-15H2,1-6H3,(H2,21,22,24);1H. The second kappa shape index (κ2) is 13.6. The number of hydrogen-bond acceptors (Lipinski definition) is 3. The highest BCUT2D eigenvalue weighted by atomic mass is 127. The molecule has 1 heterocycles. The fourth-order valence-electron chi connectivity index (χ4n) is 3.25. The second-order valence-electron chi connectivity index (χ2n) is 8.19. The van der Waals surface area contributed by atoms with Gasteiger partial charge in [0.05, 0.1) is 6.54 Å². The van der Waals surface area contributed by atoms with Gasteiger partial charge in [0.2, 0.25) is 5.91 Å². The van der Waals surface area contributed by atoms with Gasteiger partial charge in [-0.25, -0.2) is 0 Å². The van der Waals surface area contributed by atoms with E-state index in [4.69, 9.17) is 0 Å². The predicted octanol–water partition coefficient (Wildman–Crippen LogP) is 2.97. The summed E-state index contributed by atoms with van der Waals surface area (Å²) >= 11 is 0. The van der Waals surface area contributed by atoms with Gasteiger partial charge in [-0.05, 0) is 53.4 Å². The highest BCUT2D eigenvalue weighted by molar-refractivity contribution is 14.0. The minimum absolute atomic E-state index is 0. The average Bonchev–Trinajstić information content (AvgIpc) is 2.59. The molecule has 27 heavy (non-hydrogen) atoms. The number of nitrogens with zero attached hydrogens (tertiary/aromatic N) is 2. The maximum atomic E-state index is 12.5. The normalized spacial score (nSPS) is 16.3. The smallest absolute Gasteiger partial charge is 0.225 e. The van der Waals surface area contributed by atoms with Gasteiger partial charge < -0.3 is 20.9 Å². The summed E-state index contributed by atoms with van der Waals surface area (Å²) in [5.74, 6) is 1.41. The Morgan fingerprint density at radius 2 is 1.74 bits per heavy atom. The van der Waals surface area contributed by atoms with E-state index < -0.39 is 0 Å². The van der Waals surface area contributed by atoms with Gasteiger partial charge in [-0.1, -0.05) is 13.8 Å². The van der Waals surface area contributed by atoms with Crippen molar-refractivity contribution in [1.82, 2.24) is 20.9 Å². The van der Waals surface area contributed by atoms with Crippen LogP contribution in [0, 0.1) is 5.92 Å². The molecule has 3 N–H and O–H groups in total. The summed E-state index contributed by atoms with van der Waals surface area (Å²) in [6, 6.07) is 0.383. The van der Waals surface area contributed by atoms with E-state index in [-0.39, 0.29) is 35.4 Å². The van der Waals surface area contributed by atoms with Crippen LogP contribution in [0.5, 0.6) is 0 Å². The molecule has 0 bridgehead atoms. The van der Waals surface area contributed by atoms with E-state index in [9.17, 15) is 4.79 Å². The molecule has 1 amide bonds. The summed E-state index contributed by atoms with van der Waals surface area (Å²) in [5.41, 5.74) is 0.121. The zero-order valence-corrected chi connectivity index (χ0v) is 20.6. The van der Waals surface area contributed by atoms with Gasteiger partial charge in [0.15, 0.2) is 5.96 Å². The largest absolute Gasteiger partial charge is 0.357 e. The molecule has 0 unspecified atom stereocenters. The van der Waals surface area contributed by atoms with Crippen molar-refractivity contribution in [2.45, 2.75) is 78.8 Å². The molecule has 0 aromatic carbocycles. The first-order chi connectivity index (χ1) is 12.3. The Balaban J connectivity index is 0.00000676. The molecule has 0 radical (unpaired) electrons. The van der Waals surface area contributed by atoms with Crippen molar-refractivity contribution in [1.29, 1.82) is 0 Å². The van der Waals surface area contributed by atoms with Crippen LogP contribution in [0.25, 0.3) is 0 Å². The quantitative estimate of drug-likeness (QED) is 0.210. The van der Waals surface area contributed by atoms with Crippen molar-refractivity contribution in [3.8, 4) is 0 Å². The highest BCUT2D eigenvalue weighted by Crippen LogP contribution is 2.17. The molecule has 0 spiro atoms. The number of halogens is 1. The molecule has 0 saturated carbocycles. The number of rotatable bonds is 8. The molecular weight excluding hydrogens is 453 g/mol.